The van der Waals surface area contributed by atoms with Crippen LogP contribution in [0.15, 0.2) is 71.7 Å². The number of rotatable bonds is 5. The third-order valence-corrected chi connectivity index (χ3v) is 5.78. The summed E-state index contributed by atoms with van der Waals surface area (Å²) in [6, 6.07) is 17.7. The van der Waals surface area contributed by atoms with Crippen LogP contribution in [0.4, 0.5) is 21.5 Å². The molecule has 0 aliphatic carbocycles. The van der Waals surface area contributed by atoms with Crippen LogP contribution in [-0.2, 0) is 9.59 Å². The Morgan fingerprint density at radius 3 is 2.47 bits per heavy atom. The maximum absolute atomic E-state index is 14.7. The van der Waals surface area contributed by atoms with E-state index in [0.717, 1.165) is 5.69 Å². The molecule has 0 saturated heterocycles. The van der Waals surface area contributed by atoms with E-state index in [0.29, 0.717) is 27.7 Å². The number of aliphatic imine (C=N–C) groups is 1. The SMILES string of the molecule is C[C@H]1N=C(c2ccccc2F)c2cc(Cl)ccc2N(CC(=O)Nc2ccc(N(C)C)cc2)C1=O. The summed E-state index contributed by atoms with van der Waals surface area (Å²) in [6.07, 6.45) is 0. The normalized spacial score (nSPS) is 15.3. The van der Waals surface area contributed by atoms with Crippen molar-refractivity contribution in [3.8, 4) is 0 Å². The molecule has 174 valence electrons. The zero-order chi connectivity index (χ0) is 24.4. The van der Waals surface area contributed by atoms with Crippen molar-refractivity contribution in [2.75, 3.05) is 35.8 Å². The van der Waals surface area contributed by atoms with E-state index in [2.05, 4.69) is 10.3 Å². The van der Waals surface area contributed by atoms with Crippen molar-refractivity contribution in [1.29, 1.82) is 0 Å². The summed E-state index contributed by atoms with van der Waals surface area (Å²) in [6.45, 7) is 1.40. The van der Waals surface area contributed by atoms with Gasteiger partial charge < -0.3 is 15.1 Å². The molecule has 0 saturated carbocycles. The number of anilines is 3. The molecule has 1 atom stereocenters. The van der Waals surface area contributed by atoms with Crippen LogP contribution in [0.2, 0.25) is 5.02 Å². The van der Waals surface area contributed by atoms with Crippen molar-refractivity contribution < 1.29 is 14.0 Å². The number of fused-ring (bicyclic) bond motifs is 1. The molecule has 3 aromatic rings. The Bertz CT molecular complexity index is 1270. The molecule has 0 fully saturated rings. The number of hydrogen-bond acceptors (Lipinski definition) is 4. The highest BCUT2D eigenvalue weighted by molar-refractivity contribution is 6.32. The molecule has 0 spiro atoms. The Morgan fingerprint density at radius 1 is 1.09 bits per heavy atom. The van der Waals surface area contributed by atoms with Crippen molar-refractivity contribution >= 4 is 46.2 Å². The molecule has 1 aliphatic rings. The Morgan fingerprint density at radius 2 is 1.79 bits per heavy atom. The van der Waals surface area contributed by atoms with Crippen LogP contribution in [0.5, 0.6) is 0 Å². The summed E-state index contributed by atoms with van der Waals surface area (Å²) in [5.74, 6) is -1.19. The number of benzodiazepines with no additional fused rings is 1. The molecule has 0 bridgehead atoms. The van der Waals surface area contributed by atoms with E-state index < -0.39 is 11.9 Å². The van der Waals surface area contributed by atoms with Crippen LogP contribution >= 0.6 is 11.6 Å². The van der Waals surface area contributed by atoms with Crippen LogP contribution < -0.4 is 15.1 Å². The number of benzene rings is 3. The minimum atomic E-state index is -0.826. The molecular formula is C26H24ClFN4O2. The first-order valence-corrected chi connectivity index (χ1v) is 11.1. The van der Waals surface area contributed by atoms with Gasteiger partial charge in [0.05, 0.1) is 11.4 Å². The monoisotopic (exact) mass is 478 g/mol. The third-order valence-electron chi connectivity index (χ3n) is 5.55. The highest BCUT2D eigenvalue weighted by Crippen LogP contribution is 2.31. The lowest BCUT2D eigenvalue weighted by molar-refractivity contribution is -0.122. The van der Waals surface area contributed by atoms with Gasteiger partial charge in [-0.25, -0.2) is 4.39 Å². The number of carbonyl (C=O) groups is 2. The van der Waals surface area contributed by atoms with Crippen LogP contribution in [0.25, 0.3) is 0 Å². The van der Waals surface area contributed by atoms with Gasteiger partial charge in [-0.2, -0.15) is 0 Å². The Kier molecular flexibility index (Phi) is 6.65. The van der Waals surface area contributed by atoms with Gasteiger partial charge in [0.15, 0.2) is 0 Å². The van der Waals surface area contributed by atoms with Gasteiger partial charge in [-0.05, 0) is 61.5 Å². The molecule has 0 radical (unpaired) electrons. The van der Waals surface area contributed by atoms with Crippen molar-refractivity contribution in [3.05, 3.63) is 88.7 Å². The van der Waals surface area contributed by atoms with Crippen molar-refractivity contribution in [3.63, 3.8) is 0 Å². The highest BCUT2D eigenvalue weighted by atomic mass is 35.5. The zero-order valence-corrected chi connectivity index (χ0v) is 19.8. The number of hydrogen-bond donors (Lipinski definition) is 1. The quantitative estimate of drug-likeness (QED) is 0.575. The fourth-order valence-electron chi connectivity index (χ4n) is 3.81. The molecule has 2 amide bonds. The molecule has 6 nitrogen and oxygen atoms in total. The predicted molar refractivity (Wildman–Crippen MR) is 135 cm³/mol. The van der Waals surface area contributed by atoms with E-state index in [1.54, 1.807) is 55.5 Å². The highest BCUT2D eigenvalue weighted by Gasteiger charge is 2.31. The number of amides is 2. The second-order valence-corrected chi connectivity index (χ2v) is 8.65. The molecule has 1 heterocycles. The molecule has 4 rings (SSSR count). The molecule has 34 heavy (non-hydrogen) atoms. The second kappa shape index (κ2) is 9.65. The number of nitrogens with one attached hydrogen (secondary N) is 1. The molecule has 8 heteroatoms. The molecule has 1 aliphatic heterocycles. The third kappa shape index (κ3) is 4.79. The standard InChI is InChI=1S/C26H24ClFN4O2/c1-16-26(34)32(15-24(33)30-18-9-11-19(12-10-18)31(2)3)23-13-8-17(27)14-21(23)25(29-16)20-6-4-5-7-22(20)28/h4-14,16H,15H2,1-3H3,(H,30,33)/t16-/m1/s1. The first kappa shape index (κ1) is 23.4. The Balaban J connectivity index is 1.68. The molecule has 0 aromatic heterocycles. The summed E-state index contributed by atoms with van der Waals surface area (Å²) in [4.78, 5) is 34.0. The summed E-state index contributed by atoms with van der Waals surface area (Å²) in [7, 11) is 3.86. The van der Waals surface area contributed by atoms with Crippen molar-refractivity contribution in [2.24, 2.45) is 4.99 Å². The van der Waals surface area contributed by atoms with E-state index in [-0.39, 0.29) is 23.9 Å². The van der Waals surface area contributed by atoms with E-state index in [1.165, 1.54) is 11.0 Å². The fraction of sp³-hybridized carbons (Fsp3) is 0.192. The smallest absolute Gasteiger partial charge is 0.252 e. The van der Waals surface area contributed by atoms with Gasteiger partial charge in [0.2, 0.25) is 5.91 Å². The van der Waals surface area contributed by atoms with Gasteiger partial charge in [-0.3, -0.25) is 14.6 Å². The average Bonchev–Trinajstić information content (AvgIpc) is 2.90. The second-order valence-electron chi connectivity index (χ2n) is 8.21. The van der Waals surface area contributed by atoms with Gasteiger partial charge in [0.1, 0.15) is 18.4 Å². The lowest BCUT2D eigenvalue weighted by Gasteiger charge is -2.24. The minimum absolute atomic E-state index is 0.229. The lowest BCUT2D eigenvalue weighted by atomic mass is 9.99. The van der Waals surface area contributed by atoms with Crippen molar-refractivity contribution in [2.45, 2.75) is 13.0 Å². The summed E-state index contributed by atoms with van der Waals surface area (Å²) < 4.78 is 14.7. The summed E-state index contributed by atoms with van der Waals surface area (Å²) >= 11 is 6.26. The maximum Gasteiger partial charge on any atom is 0.252 e. The zero-order valence-electron chi connectivity index (χ0n) is 19.0. The Labute approximate surface area is 202 Å². The lowest BCUT2D eigenvalue weighted by Crippen LogP contribution is -2.42. The Hall–Kier alpha value is -3.71. The maximum atomic E-state index is 14.7. The van der Waals surface area contributed by atoms with Gasteiger partial charge in [-0.15, -0.1) is 0 Å². The van der Waals surface area contributed by atoms with Crippen LogP contribution in [-0.4, -0.2) is 44.2 Å². The van der Waals surface area contributed by atoms with E-state index in [9.17, 15) is 14.0 Å². The largest absolute Gasteiger partial charge is 0.378 e. The van der Waals surface area contributed by atoms with Crippen molar-refractivity contribution in [1.82, 2.24) is 0 Å². The fourth-order valence-corrected chi connectivity index (χ4v) is 3.99. The molecule has 1 N–H and O–H groups in total. The predicted octanol–water partition coefficient (Wildman–Crippen LogP) is 4.76. The topological polar surface area (TPSA) is 65.0 Å². The van der Waals surface area contributed by atoms with Gasteiger partial charge >= 0.3 is 0 Å². The van der Waals surface area contributed by atoms with Gasteiger partial charge in [0, 0.05) is 41.6 Å². The molecule has 3 aromatic carbocycles. The van der Waals surface area contributed by atoms with Gasteiger partial charge in [0.25, 0.3) is 5.91 Å². The van der Waals surface area contributed by atoms with E-state index in [4.69, 9.17) is 11.6 Å². The first-order chi connectivity index (χ1) is 16.2. The van der Waals surface area contributed by atoms with E-state index in [1.807, 2.05) is 31.1 Å². The number of halogens is 2. The minimum Gasteiger partial charge on any atom is -0.378 e. The van der Waals surface area contributed by atoms with Crippen LogP contribution in [0.1, 0.15) is 18.1 Å². The van der Waals surface area contributed by atoms with Crippen LogP contribution in [0.3, 0.4) is 0 Å². The van der Waals surface area contributed by atoms with Gasteiger partial charge in [-0.1, -0.05) is 23.7 Å². The number of carbonyl (C=O) groups excluding carboxylic acids is 2. The summed E-state index contributed by atoms with van der Waals surface area (Å²) in [5, 5.41) is 3.24. The van der Waals surface area contributed by atoms with E-state index >= 15 is 0 Å². The number of nitrogens with zero attached hydrogens (tertiary/aromatic N) is 3. The molecular weight excluding hydrogens is 455 g/mol. The summed E-state index contributed by atoms with van der Waals surface area (Å²) in [5.41, 5.74) is 3.12. The molecule has 0 unspecified atom stereocenters. The first-order valence-electron chi connectivity index (χ1n) is 10.8. The van der Waals surface area contributed by atoms with Crippen LogP contribution in [0, 0.1) is 5.82 Å². The average molecular weight is 479 g/mol.